The third kappa shape index (κ3) is 7.55. The molecule has 1 aromatic rings. The number of hydrogen-bond donors (Lipinski definition) is 3. The van der Waals surface area contributed by atoms with E-state index in [2.05, 4.69) is 5.32 Å². The molecule has 21 heavy (non-hydrogen) atoms. The molecule has 0 aromatic heterocycles. The molecule has 0 aliphatic carbocycles. The van der Waals surface area contributed by atoms with Crippen LogP contribution in [0.15, 0.2) is 30.3 Å². The number of benzene rings is 1. The fourth-order valence-electron chi connectivity index (χ4n) is 2.04. The summed E-state index contributed by atoms with van der Waals surface area (Å²) < 4.78 is 10.7. The first-order valence-corrected chi connectivity index (χ1v) is 7.35. The minimum absolute atomic E-state index is 0.0428. The maximum atomic E-state index is 9.94. The van der Waals surface area contributed by atoms with Gasteiger partial charge in [0, 0.05) is 26.3 Å². The zero-order chi connectivity index (χ0) is 15.5. The second-order valence-corrected chi connectivity index (χ2v) is 5.11. The number of ether oxygens (including phenoxy) is 2. The second kappa shape index (κ2) is 10.7. The predicted octanol–water partition coefficient (Wildman–Crippen LogP) is 1.11. The van der Waals surface area contributed by atoms with E-state index in [9.17, 15) is 5.11 Å². The fourth-order valence-corrected chi connectivity index (χ4v) is 2.04. The first-order valence-electron chi connectivity index (χ1n) is 7.35. The Balaban J connectivity index is 2.25. The van der Waals surface area contributed by atoms with Gasteiger partial charge in [0.05, 0.1) is 25.4 Å². The molecule has 1 aromatic carbocycles. The zero-order valence-corrected chi connectivity index (χ0v) is 12.9. The average Bonchev–Trinajstić information content (AvgIpc) is 2.51. The monoisotopic (exact) mass is 297 g/mol. The number of aliphatic hydroxyl groups excluding tert-OH is 2. The Bertz CT molecular complexity index is 355. The molecule has 0 aliphatic heterocycles. The molecule has 3 atom stereocenters. The molecular weight excluding hydrogens is 270 g/mol. The molecule has 0 aliphatic rings. The van der Waals surface area contributed by atoms with Gasteiger partial charge in [-0.15, -0.1) is 0 Å². The van der Waals surface area contributed by atoms with Gasteiger partial charge in [-0.2, -0.15) is 0 Å². The Morgan fingerprint density at radius 3 is 2.52 bits per heavy atom. The summed E-state index contributed by atoms with van der Waals surface area (Å²) in [5.74, 6) is 0. The molecule has 5 heteroatoms. The molecule has 0 saturated carbocycles. The number of nitrogens with one attached hydrogen (secondary N) is 1. The van der Waals surface area contributed by atoms with Gasteiger partial charge in [-0.05, 0) is 18.9 Å². The number of rotatable bonds is 11. The molecule has 1 rings (SSSR count). The van der Waals surface area contributed by atoms with E-state index >= 15 is 0 Å². The van der Waals surface area contributed by atoms with Gasteiger partial charge in [0.15, 0.2) is 0 Å². The van der Waals surface area contributed by atoms with Crippen molar-refractivity contribution in [1.82, 2.24) is 5.32 Å². The molecule has 0 fully saturated rings. The van der Waals surface area contributed by atoms with Crippen LogP contribution >= 0.6 is 0 Å². The van der Waals surface area contributed by atoms with Gasteiger partial charge in [0.25, 0.3) is 0 Å². The Labute approximate surface area is 126 Å². The molecule has 3 N–H and O–H groups in total. The highest BCUT2D eigenvalue weighted by atomic mass is 16.5. The Morgan fingerprint density at radius 2 is 1.90 bits per heavy atom. The van der Waals surface area contributed by atoms with Gasteiger partial charge in [0.2, 0.25) is 0 Å². The summed E-state index contributed by atoms with van der Waals surface area (Å²) in [4.78, 5) is 0. The van der Waals surface area contributed by atoms with Crippen LogP contribution in [0.1, 0.15) is 25.0 Å². The molecule has 0 radical (unpaired) electrons. The highest BCUT2D eigenvalue weighted by Crippen LogP contribution is 2.15. The summed E-state index contributed by atoms with van der Waals surface area (Å²) in [5, 5.41) is 22.1. The van der Waals surface area contributed by atoms with E-state index in [0.717, 1.165) is 5.56 Å². The van der Waals surface area contributed by atoms with E-state index in [-0.39, 0.29) is 25.4 Å². The lowest BCUT2D eigenvalue weighted by Crippen LogP contribution is -2.40. The smallest absolute Gasteiger partial charge is 0.0898 e. The topological polar surface area (TPSA) is 71.0 Å². The van der Waals surface area contributed by atoms with Crippen LogP contribution in [0.5, 0.6) is 0 Å². The number of aliphatic hydroxyl groups is 2. The molecule has 0 spiro atoms. The van der Waals surface area contributed by atoms with Crippen molar-refractivity contribution in [3.8, 4) is 0 Å². The van der Waals surface area contributed by atoms with Crippen LogP contribution in [0.4, 0.5) is 0 Å². The van der Waals surface area contributed by atoms with Crippen molar-refractivity contribution in [2.24, 2.45) is 0 Å². The quantitative estimate of drug-likeness (QED) is 0.571. The SMILES string of the molecule is COCC(CCO)NCC(O)COC(C)c1ccccc1. The maximum absolute atomic E-state index is 9.94. The largest absolute Gasteiger partial charge is 0.396 e. The number of methoxy groups -OCH3 is 1. The minimum atomic E-state index is -0.589. The lowest BCUT2D eigenvalue weighted by Gasteiger charge is -2.21. The molecule has 5 nitrogen and oxygen atoms in total. The molecule has 0 saturated heterocycles. The summed E-state index contributed by atoms with van der Waals surface area (Å²) in [6.45, 7) is 3.25. The van der Waals surface area contributed by atoms with Gasteiger partial charge < -0.3 is 25.0 Å². The molecule has 120 valence electrons. The second-order valence-electron chi connectivity index (χ2n) is 5.11. The van der Waals surface area contributed by atoms with Crippen molar-refractivity contribution in [2.75, 3.05) is 33.5 Å². The van der Waals surface area contributed by atoms with Gasteiger partial charge in [-0.1, -0.05) is 30.3 Å². The zero-order valence-electron chi connectivity index (χ0n) is 12.9. The maximum Gasteiger partial charge on any atom is 0.0898 e. The van der Waals surface area contributed by atoms with Crippen LogP contribution in [-0.2, 0) is 9.47 Å². The van der Waals surface area contributed by atoms with Crippen molar-refractivity contribution < 1.29 is 19.7 Å². The van der Waals surface area contributed by atoms with E-state index < -0.39 is 6.10 Å². The van der Waals surface area contributed by atoms with Gasteiger partial charge in [0.1, 0.15) is 0 Å². The lowest BCUT2D eigenvalue weighted by molar-refractivity contribution is -0.00418. The standard InChI is InChI=1S/C16H27NO4/c1-13(14-6-4-3-5-7-14)21-12-16(19)10-17-15(8-9-18)11-20-2/h3-7,13,15-19H,8-12H2,1-2H3. The van der Waals surface area contributed by atoms with E-state index in [1.807, 2.05) is 37.3 Å². The highest BCUT2D eigenvalue weighted by Gasteiger charge is 2.12. The van der Waals surface area contributed by atoms with E-state index in [1.165, 1.54) is 0 Å². The van der Waals surface area contributed by atoms with Crippen LogP contribution in [0.25, 0.3) is 0 Å². The van der Waals surface area contributed by atoms with Crippen molar-refractivity contribution in [3.63, 3.8) is 0 Å². The Hall–Kier alpha value is -0.980. The van der Waals surface area contributed by atoms with E-state index in [0.29, 0.717) is 19.6 Å². The Morgan fingerprint density at radius 1 is 1.19 bits per heavy atom. The van der Waals surface area contributed by atoms with Gasteiger partial charge in [-0.3, -0.25) is 0 Å². The van der Waals surface area contributed by atoms with Crippen LogP contribution in [0.2, 0.25) is 0 Å². The summed E-state index contributed by atoms with van der Waals surface area (Å²) >= 11 is 0. The third-order valence-electron chi connectivity index (χ3n) is 3.30. The van der Waals surface area contributed by atoms with Crippen LogP contribution in [0.3, 0.4) is 0 Å². The first-order chi connectivity index (χ1) is 10.2. The summed E-state index contributed by atoms with van der Waals surface area (Å²) in [6, 6.07) is 9.96. The first kappa shape index (κ1) is 18.1. The molecule has 0 amide bonds. The number of hydrogen-bond acceptors (Lipinski definition) is 5. The van der Waals surface area contributed by atoms with Crippen LogP contribution in [-0.4, -0.2) is 55.8 Å². The van der Waals surface area contributed by atoms with E-state index in [4.69, 9.17) is 14.6 Å². The predicted molar refractivity (Wildman–Crippen MR) is 82.2 cm³/mol. The van der Waals surface area contributed by atoms with Crippen molar-refractivity contribution in [3.05, 3.63) is 35.9 Å². The van der Waals surface area contributed by atoms with Crippen molar-refractivity contribution >= 4 is 0 Å². The van der Waals surface area contributed by atoms with Crippen LogP contribution < -0.4 is 5.32 Å². The molecule has 3 unspecified atom stereocenters. The molecule has 0 heterocycles. The highest BCUT2D eigenvalue weighted by molar-refractivity contribution is 5.16. The summed E-state index contributed by atoms with van der Waals surface area (Å²) in [7, 11) is 1.62. The average molecular weight is 297 g/mol. The van der Waals surface area contributed by atoms with Gasteiger partial charge >= 0.3 is 0 Å². The summed E-state index contributed by atoms with van der Waals surface area (Å²) in [5.41, 5.74) is 1.09. The Kier molecular flexibility index (Phi) is 9.21. The third-order valence-corrected chi connectivity index (χ3v) is 3.30. The van der Waals surface area contributed by atoms with E-state index in [1.54, 1.807) is 7.11 Å². The van der Waals surface area contributed by atoms with Crippen LogP contribution in [0, 0.1) is 0 Å². The fraction of sp³-hybridized carbons (Fsp3) is 0.625. The molecule has 0 bridgehead atoms. The normalized spacial score (nSPS) is 15.6. The molecular formula is C16H27NO4. The lowest BCUT2D eigenvalue weighted by atomic mass is 10.1. The van der Waals surface area contributed by atoms with Gasteiger partial charge in [-0.25, -0.2) is 0 Å². The minimum Gasteiger partial charge on any atom is -0.396 e. The van der Waals surface area contributed by atoms with Crippen molar-refractivity contribution in [1.29, 1.82) is 0 Å². The van der Waals surface area contributed by atoms with Crippen molar-refractivity contribution in [2.45, 2.75) is 31.6 Å². The summed E-state index contributed by atoms with van der Waals surface area (Å²) in [6.07, 6.45) is -0.0377.